The van der Waals surface area contributed by atoms with Crippen LogP contribution in [0.15, 0.2) is 48.5 Å². The summed E-state index contributed by atoms with van der Waals surface area (Å²) in [6.45, 7) is 0.0391. The molecule has 4 nitrogen and oxygen atoms in total. The molecule has 0 unspecified atom stereocenters. The number of aliphatic hydroxyl groups excluding tert-OH is 1. The highest BCUT2D eigenvalue weighted by Gasteiger charge is 2.11. The lowest BCUT2D eigenvalue weighted by molar-refractivity contribution is 0.0942. The molecule has 0 aliphatic carbocycles. The normalized spacial score (nSPS) is 10.2. The Kier molecular flexibility index (Phi) is 4.74. The number of nitrogens with one attached hydrogen (secondary N) is 1. The van der Waals surface area contributed by atoms with E-state index in [4.69, 9.17) is 5.11 Å². The van der Waals surface area contributed by atoms with Gasteiger partial charge in [0.25, 0.3) is 5.91 Å². The SMILES string of the molecule is O=C(NCCO)c1cc(Cc2ccccc2)ccc1O. The minimum absolute atomic E-state index is 0.0581. The topological polar surface area (TPSA) is 69.6 Å². The maximum absolute atomic E-state index is 11.8. The third-order valence-corrected chi connectivity index (χ3v) is 2.95. The van der Waals surface area contributed by atoms with E-state index in [9.17, 15) is 9.90 Å². The quantitative estimate of drug-likeness (QED) is 0.775. The summed E-state index contributed by atoms with van der Waals surface area (Å²) in [5.41, 5.74) is 2.31. The van der Waals surface area contributed by atoms with E-state index in [0.717, 1.165) is 11.1 Å². The Bertz CT molecular complexity index is 582. The number of benzene rings is 2. The largest absolute Gasteiger partial charge is 0.507 e. The Morgan fingerprint density at radius 2 is 1.80 bits per heavy atom. The second-order valence-corrected chi connectivity index (χ2v) is 4.49. The third kappa shape index (κ3) is 3.59. The molecule has 0 spiro atoms. The Hall–Kier alpha value is -2.33. The lowest BCUT2D eigenvalue weighted by atomic mass is 10.0. The fourth-order valence-corrected chi connectivity index (χ4v) is 1.97. The van der Waals surface area contributed by atoms with Crippen LogP contribution in [0.4, 0.5) is 0 Å². The van der Waals surface area contributed by atoms with Crippen molar-refractivity contribution in [1.82, 2.24) is 5.32 Å². The molecular formula is C16H17NO3. The second kappa shape index (κ2) is 6.73. The maximum atomic E-state index is 11.8. The van der Waals surface area contributed by atoms with Gasteiger partial charge in [-0.25, -0.2) is 0 Å². The molecule has 2 rings (SSSR count). The average molecular weight is 271 g/mol. The molecule has 2 aromatic carbocycles. The van der Waals surface area contributed by atoms with Crippen molar-refractivity contribution in [2.75, 3.05) is 13.2 Å². The summed E-state index contributed by atoms with van der Waals surface area (Å²) in [6, 6.07) is 14.9. The van der Waals surface area contributed by atoms with Crippen LogP contribution in [0, 0.1) is 0 Å². The van der Waals surface area contributed by atoms with E-state index in [1.54, 1.807) is 12.1 Å². The summed E-state index contributed by atoms with van der Waals surface area (Å²) in [7, 11) is 0. The molecule has 0 fully saturated rings. The van der Waals surface area contributed by atoms with E-state index in [1.165, 1.54) is 6.07 Å². The molecular weight excluding hydrogens is 254 g/mol. The number of hydrogen-bond donors (Lipinski definition) is 3. The lowest BCUT2D eigenvalue weighted by Gasteiger charge is -2.08. The Morgan fingerprint density at radius 3 is 2.50 bits per heavy atom. The fourth-order valence-electron chi connectivity index (χ4n) is 1.97. The Morgan fingerprint density at radius 1 is 1.05 bits per heavy atom. The van der Waals surface area contributed by atoms with Crippen LogP contribution in [-0.4, -0.2) is 29.3 Å². The average Bonchev–Trinajstić information content (AvgIpc) is 2.48. The molecule has 1 amide bonds. The maximum Gasteiger partial charge on any atom is 0.255 e. The van der Waals surface area contributed by atoms with Gasteiger partial charge in [-0.2, -0.15) is 0 Å². The number of aromatic hydroxyl groups is 1. The van der Waals surface area contributed by atoms with Crippen molar-refractivity contribution in [3.05, 3.63) is 65.2 Å². The van der Waals surface area contributed by atoms with Gasteiger partial charge < -0.3 is 15.5 Å². The van der Waals surface area contributed by atoms with Crippen molar-refractivity contribution < 1.29 is 15.0 Å². The van der Waals surface area contributed by atoms with E-state index in [-0.39, 0.29) is 30.4 Å². The zero-order chi connectivity index (χ0) is 14.4. The van der Waals surface area contributed by atoms with Crippen LogP contribution in [0.1, 0.15) is 21.5 Å². The summed E-state index contributed by atoms with van der Waals surface area (Å²) in [6.07, 6.45) is 0.696. The first-order valence-electron chi connectivity index (χ1n) is 6.45. The third-order valence-electron chi connectivity index (χ3n) is 2.95. The van der Waals surface area contributed by atoms with Crippen molar-refractivity contribution in [1.29, 1.82) is 0 Å². The lowest BCUT2D eigenvalue weighted by Crippen LogP contribution is -2.26. The standard InChI is InChI=1S/C16H17NO3/c18-9-8-17-16(20)14-11-13(6-7-15(14)19)10-12-4-2-1-3-5-12/h1-7,11,18-19H,8-10H2,(H,17,20). The van der Waals surface area contributed by atoms with Crippen LogP contribution in [0.2, 0.25) is 0 Å². The number of carbonyl (C=O) groups is 1. The van der Waals surface area contributed by atoms with Crippen LogP contribution < -0.4 is 5.32 Å². The monoisotopic (exact) mass is 271 g/mol. The number of aliphatic hydroxyl groups is 1. The van der Waals surface area contributed by atoms with Crippen molar-refractivity contribution in [2.24, 2.45) is 0 Å². The van der Waals surface area contributed by atoms with Crippen LogP contribution in [-0.2, 0) is 6.42 Å². The van der Waals surface area contributed by atoms with E-state index in [0.29, 0.717) is 6.42 Å². The first-order chi connectivity index (χ1) is 9.70. The highest BCUT2D eigenvalue weighted by Crippen LogP contribution is 2.20. The second-order valence-electron chi connectivity index (χ2n) is 4.49. The highest BCUT2D eigenvalue weighted by molar-refractivity contribution is 5.97. The summed E-state index contributed by atoms with van der Waals surface area (Å²) >= 11 is 0. The van der Waals surface area contributed by atoms with Crippen LogP contribution in [0.5, 0.6) is 5.75 Å². The van der Waals surface area contributed by atoms with Crippen molar-refractivity contribution >= 4 is 5.91 Å². The van der Waals surface area contributed by atoms with E-state index < -0.39 is 0 Å². The molecule has 0 atom stereocenters. The molecule has 3 N–H and O–H groups in total. The van der Waals surface area contributed by atoms with E-state index in [1.807, 2.05) is 30.3 Å². The van der Waals surface area contributed by atoms with Crippen molar-refractivity contribution in [3.8, 4) is 5.75 Å². The first-order valence-corrected chi connectivity index (χ1v) is 6.45. The van der Waals surface area contributed by atoms with Gasteiger partial charge in [-0.1, -0.05) is 36.4 Å². The molecule has 0 aliphatic rings. The van der Waals surface area contributed by atoms with Gasteiger partial charge in [0, 0.05) is 6.54 Å². The molecule has 4 heteroatoms. The predicted molar refractivity (Wildman–Crippen MR) is 76.8 cm³/mol. The van der Waals surface area contributed by atoms with E-state index >= 15 is 0 Å². The molecule has 0 saturated carbocycles. The fraction of sp³-hybridized carbons (Fsp3) is 0.188. The van der Waals surface area contributed by atoms with Crippen molar-refractivity contribution in [2.45, 2.75) is 6.42 Å². The Balaban J connectivity index is 2.18. The van der Waals surface area contributed by atoms with Gasteiger partial charge in [-0.3, -0.25) is 4.79 Å². The number of carbonyl (C=O) groups excluding carboxylic acids is 1. The number of hydrogen-bond acceptors (Lipinski definition) is 3. The van der Waals surface area contributed by atoms with Crippen LogP contribution in [0.25, 0.3) is 0 Å². The molecule has 104 valence electrons. The van der Waals surface area contributed by atoms with Gasteiger partial charge in [0.1, 0.15) is 5.75 Å². The van der Waals surface area contributed by atoms with Crippen molar-refractivity contribution in [3.63, 3.8) is 0 Å². The minimum Gasteiger partial charge on any atom is -0.507 e. The summed E-state index contributed by atoms with van der Waals surface area (Å²) < 4.78 is 0. The predicted octanol–water partition coefficient (Wildman–Crippen LogP) is 1.71. The Labute approximate surface area is 117 Å². The van der Waals surface area contributed by atoms with Crippen LogP contribution in [0.3, 0.4) is 0 Å². The molecule has 0 radical (unpaired) electrons. The van der Waals surface area contributed by atoms with E-state index in [2.05, 4.69) is 5.32 Å². The molecule has 20 heavy (non-hydrogen) atoms. The number of phenolic OH excluding ortho intramolecular Hbond substituents is 1. The van der Waals surface area contributed by atoms with Gasteiger partial charge in [0.2, 0.25) is 0 Å². The number of phenols is 1. The zero-order valence-electron chi connectivity index (χ0n) is 11.0. The minimum atomic E-state index is -0.383. The highest BCUT2D eigenvalue weighted by atomic mass is 16.3. The van der Waals surface area contributed by atoms with Gasteiger partial charge in [0.05, 0.1) is 12.2 Å². The first kappa shape index (κ1) is 14.1. The molecule has 0 aromatic heterocycles. The van der Waals surface area contributed by atoms with Gasteiger partial charge in [0.15, 0.2) is 0 Å². The summed E-state index contributed by atoms with van der Waals surface area (Å²) in [5, 5.41) is 21.0. The number of amides is 1. The number of rotatable bonds is 5. The van der Waals surface area contributed by atoms with Gasteiger partial charge in [-0.05, 0) is 29.7 Å². The molecule has 0 aliphatic heterocycles. The zero-order valence-corrected chi connectivity index (χ0v) is 11.0. The molecule has 0 bridgehead atoms. The van der Waals surface area contributed by atoms with Gasteiger partial charge >= 0.3 is 0 Å². The van der Waals surface area contributed by atoms with Gasteiger partial charge in [-0.15, -0.1) is 0 Å². The summed E-state index contributed by atoms with van der Waals surface area (Å²) in [5.74, 6) is -0.441. The molecule has 0 heterocycles. The molecule has 0 saturated heterocycles. The summed E-state index contributed by atoms with van der Waals surface area (Å²) in [4.78, 5) is 11.8. The van der Waals surface area contributed by atoms with Crippen LogP contribution >= 0.6 is 0 Å². The molecule has 2 aromatic rings. The smallest absolute Gasteiger partial charge is 0.255 e.